The average Bonchev–Trinajstić information content (AvgIpc) is 3.10. The predicted octanol–water partition coefficient (Wildman–Crippen LogP) is 3.37. The summed E-state index contributed by atoms with van der Waals surface area (Å²) in [6, 6.07) is 17.3. The fourth-order valence-electron chi connectivity index (χ4n) is 2.46. The molecule has 0 fully saturated rings. The van der Waals surface area contributed by atoms with Crippen LogP contribution in [0.1, 0.15) is 12.3 Å². The van der Waals surface area contributed by atoms with Crippen molar-refractivity contribution in [3.63, 3.8) is 0 Å². The van der Waals surface area contributed by atoms with Gasteiger partial charge in [0.05, 0.1) is 11.4 Å². The number of amides is 1. The van der Waals surface area contributed by atoms with E-state index in [1.807, 2.05) is 73.6 Å². The van der Waals surface area contributed by atoms with Gasteiger partial charge in [-0.1, -0.05) is 47.6 Å². The van der Waals surface area contributed by atoms with Gasteiger partial charge in [0.15, 0.2) is 0 Å². The molecule has 1 N–H and O–H groups in total. The molecule has 1 heterocycles. The van der Waals surface area contributed by atoms with E-state index in [-0.39, 0.29) is 12.3 Å². The number of hydrogen-bond acceptors (Lipinski definition) is 5. The van der Waals surface area contributed by atoms with Gasteiger partial charge in [0.1, 0.15) is 0 Å². The lowest BCUT2D eigenvalue weighted by Gasteiger charge is -2.17. The molecule has 0 unspecified atom stereocenters. The molecule has 0 aliphatic heterocycles. The Hall–Kier alpha value is -3.15. The van der Waals surface area contributed by atoms with Crippen LogP contribution in [0.5, 0.6) is 0 Å². The highest BCUT2D eigenvalue weighted by molar-refractivity contribution is 5.94. The van der Waals surface area contributed by atoms with Crippen LogP contribution in [0.3, 0.4) is 0 Å². The maximum absolute atomic E-state index is 12.2. The van der Waals surface area contributed by atoms with Crippen molar-refractivity contribution in [3.05, 3.63) is 60.5 Å². The molecule has 2 aromatic carbocycles. The Morgan fingerprint density at radius 1 is 1.08 bits per heavy atom. The van der Waals surface area contributed by atoms with E-state index in [0.717, 1.165) is 16.9 Å². The molecule has 3 aromatic rings. The summed E-state index contributed by atoms with van der Waals surface area (Å²) in [5.41, 5.74) is 2.63. The van der Waals surface area contributed by atoms with Gasteiger partial charge in [0.25, 0.3) is 0 Å². The van der Waals surface area contributed by atoms with Gasteiger partial charge >= 0.3 is 0 Å². The summed E-state index contributed by atoms with van der Waals surface area (Å²) in [5.74, 6) is 0.901. The molecule has 0 radical (unpaired) electrons. The van der Waals surface area contributed by atoms with E-state index >= 15 is 0 Å². The molecule has 0 saturated heterocycles. The third-order valence-electron chi connectivity index (χ3n) is 3.73. The monoisotopic (exact) mass is 336 g/mol. The number of aryl methyl sites for hydroxylation is 1. The van der Waals surface area contributed by atoms with Crippen LogP contribution >= 0.6 is 0 Å². The standard InChI is InChI=1S/C19H20N4O2/c1-23(2)16-11-7-6-10-15(16)20-17(24)12-13-18-21-19(22-25-18)14-8-4-3-5-9-14/h3-11H,12-13H2,1-2H3,(H,20,24). The molecule has 0 aliphatic carbocycles. The van der Waals surface area contributed by atoms with Gasteiger partial charge in [-0.15, -0.1) is 0 Å². The number of nitrogens with zero attached hydrogens (tertiary/aromatic N) is 3. The number of rotatable bonds is 6. The van der Waals surface area contributed by atoms with Crippen molar-refractivity contribution < 1.29 is 9.32 Å². The highest BCUT2D eigenvalue weighted by Crippen LogP contribution is 2.23. The number of hydrogen-bond donors (Lipinski definition) is 1. The van der Waals surface area contributed by atoms with Crippen LogP contribution in [0.25, 0.3) is 11.4 Å². The molecule has 3 rings (SSSR count). The molecule has 1 aromatic heterocycles. The van der Waals surface area contributed by atoms with Crippen LogP contribution in [0.2, 0.25) is 0 Å². The summed E-state index contributed by atoms with van der Waals surface area (Å²) < 4.78 is 5.23. The molecule has 25 heavy (non-hydrogen) atoms. The van der Waals surface area contributed by atoms with Crippen molar-refractivity contribution in [2.45, 2.75) is 12.8 Å². The van der Waals surface area contributed by atoms with Crippen molar-refractivity contribution in [3.8, 4) is 11.4 Å². The van der Waals surface area contributed by atoms with Crippen LogP contribution in [-0.4, -0.2) is 30.1 Å². The van der Waals surface area contributed by atoms with Crippen molar-refractivity contribution >= 4 is 17.3 Å². The van der Waals surface area contributed by atoms with E-state index in [2.05, 4.69) is 15.5 Å². The van der Waals surface area contributed by atoms with Gasteiger partial charge in [-0.2, -0.15) is 4.98 Å². The third kappa shape index (κ3) is 4.23. The molecule has 0 saturated carbocycles. The first kappa shape index (κ1) is 16.7. The summed E-state index contributed by atoms with van der Waals surface area (Å²) in [6.07, 6.45) is 0.675. The number of carbonyl (C=O) groups is 1. The van der Waals surface area contributed by atoms with Crippen LogP contribution in [-0.2, 0) is 11.2 Å². The lowest BCUT2D eigenvalue weighted by Crippen LogP contribution is -2.16. The van der Waals surface area contributed by atoms with Crippen LogP contribution in [0, 0.1) is 0 Å². The molecule has 1 amide bonds. The summed E-state index contributed by atoms with van der Waals surface area (Å²) in [5, 5.41) is 6.89. The third-order valence-corrected chi connectivity index (χ3v) is 3.73. The largest absolute Gasteiger partial charge is 0.376 e. The fourth-order valence-corrected chi connectivity index (χ4v) is 2.46. The van der Waals surface area contributed by atoms with Crippen molar-refractivity contribution in [2.24, 2.45) is 0 Å². The Morgan fingerprint density at radius 2 is 1.80 bits per heavy atom. The Bertz CT molecular complexity index is 843. The van der Waals surface area contributed by atoms with Crippen molar-refractivity contribution in [1.29, 1.82) is 0 Å². The average molecular weight is 336 g/mol. The van der Waals surface area contributed by atoms with E-state index in [0.29, 0.717) is 18.1 Å². The summed E-state index contributed by atoms with van der Waals surface area (Å²) >= 11 is 0. The van der Waals surface area contributed by atoms with Gasteiger partial charge in [0.2, 0.25) is 17.6 Å². The number of anilines is 2. The highest BCUT2D eigenvalue weighted by atomic mass is 16.5. The minimum absolute atomic E-state index is 0.0891. The molecule has 0 bridgehead atoms. The van der Waals surface area contributed by atoms with E-state index in [4.69, 9.17) is 4.52 Å². The lowest BCUT2D eigenvalue weighted by molar-refractivity contribution is -0.116. The van der Waals surface area contributed by atoms with Crippen LogP contribution in [0.4, 0.5) is 11.4 Å². The quantitative estimate of drug-likeness (QED) is 0.747. The van der Waals surface area contributed by atoms with Gasteiger partial charge in [0, 0.05) is 32.5 Å². The molecule has 0 spiro atoms. The maximum Gasteiger partial charge on any atom is 0.227 e. The molecule has 6 heteroatoms. The van der Waals surface area contributed by atoms with Gasteiger partial charge in [-0.25, -0.2) is 0 Å². The van der Waals surface area contributed by atoms with E-state index in [9.17, 15) is 4.79 Å². The van der Waals surface area contributed by atoms with E-state index in [1.54, 1.807) is 0 Å². The smallest absolute Gasteiger partial charge is 0.227 e. The zero-order chi connectivity index (χ0) is 17.6. The highest BCUT2D eigenvalue weighted by Gasteiger charge is 2.12. The van der Waals surface area contributed by atoms with Crippen molar-refractivity contribution in [1.82, 2.24) is 10.1 Å². The summed E-state index contributed by atoms with van der Waals surface area (Å²) in [7, 11) is 3.88. The first-order chi connectivity index (χ1) is 12.1. The Balaban J connectivity index is 1.59. The minimum atomic E-state index is -0.0891. The first-order valence-electron chi connectivity index (χ1n) is 8.07. The van der Waals surface area contributed by atoms with Gasteiger partial charge in [-0.05, 0) is 12.1 Å². The zero-order valence-electron chi connectivity index (χ0n) is 14.3. The molecular formula is C19H20N4O2. The lowest BCUT2D eigenvalue weighted by atomic mass is 10.2. The minimum Gasteiger partial charge on any atom is -0.376 e. The number of nitrogens with one attached hydrogen (secondary N) is 1. The van der Waals surface area contributed by atoms with E-state index in [1.165, 1.54) is 0 Å². The number of para-hydroxylation sites is 2. The zero-order valence-corrected chi connectivity index (χ0v) is 14.3. The Labute approximate surface area is 146 Å². The maximum atomic E-state index is 12.2. The summed E-state index contributed by atoms with van der Waals surface area (Å²) in [4.78, 5) is 18.5. The second kappa shape index (κ2) is 7.61. The molecular weight excluding hydrogens is 316 g/mol. The summed E-state index contributed by atoms with van der Waals surface area (Å²) in [6.45, 7) is 0. The second-order valence-corrected chi connectivity index (χ2v) is 5.84. The number of aromatic nitrogens is 2. The predicted molar refractivity (Wildman–Crippen MR) is 97.5 cm³/mol. The Kier molecular flexibility index (Phi) is 5.09. The SMILES string of the molecule is CN(C)c1ccccc1NC(=O)CCc1nc(-c2ccccc2)no1. The van der Waals surface area contributed by atoms with Crippen LogP contribution < -0.4 is 10.2 Å². The van der Waals surface area contributed by atoms with E-state index < -0.39 is 0 Å². The topological polar surface area (TPSA) is 71.3 Å². The fraction of sp³-hybridized carbons (Fsp3) is 0.211. The Morgan fingerprint density at radius 3 is 2.56 bits per heavy atom. The second-order valence-electron chi connectivity index (χ2n) is 5.84. The van der Waals surface area contributed by atoms with Gasteiger partial charge < -0.3 is 14.7 Å². The number of carbonyl (C=O) groups excluding carboxylic acids is 1. The molecule has 0 aliphatic rings. The van der Waals surface area contributed by atoms with Crippen molar-refractivity contribution in [2.75, 3.05) is 24.3 Å². The normalized spacial score (nSPS) is 10.5. The first-order valence-corrected chi connectivity index (χ1v) is 8.07. The van der Waals surface area contributed by atoms with Gasteiger partial charge in [-0.3, -0.25) is 4.79 Å². The molecule has 0 atom stereocenters. The molecule has 128 valence electrons. The van der Waals surface area contributed by atoms with Crippen LogP contribution in [0.15, 0.2) is 59.1 Å². The number of benzene rings is 2. The molecule has 6 nitrogen and oxygen atoms in total.